The monoisotopic (exact) mass is 497 g/mol. The first kappa shape index (κ1) is 26.2. The topological polar surface area (TPSA) is 96.0 Å². The maximum Gasteiger partial charge on any atom is 0.243 e. The zero-order valence-corrected chi connectivity index (χ0v) is 21.2. The number of carbonyl (C=O) groups is 2. The van der Waals surface area contributed by atoms with Crippen LogP contribution in [0.1, 0.15) is 18.9 Å². The number of hydrogen-bond donors (Lipinski definition) is 1. The van der Waals surface area contributed by atoms with Gasteiger partial charge < -0.3 is 15.0 Å². The number of nitrogens with one attached hydrogen (secondary N) is 1. The van der Waals surface area contributed by atoms with Crippen LogP contribution in [0.5, 0.6) is 5.75 Å². The summed E-state index contributed by atoms with van der Waals surface area (Å²) in [5, 5.41) is 4.31. The van der Waals surface area contributed by atoms with E-state index in [2.05, 4.69) is 5.32 Å². The van der Waals surface area contributed by atoms with E-state index in [4.69, 9.17) is 4.74 Å². The predicted octanol–water partition coefficient (Wildman–Crippen LogP) is 3.02. The molecule has 0 aliphatic carbocycles. The molecule has 3 rings (SSSR count). The Balaban J connectivity index is 1.88. The van der Waals surface area contributed by atoms with Crippen LogP contribution in [0.15, 0.2) is 71.6 Å². The number of carbonyl (C=O) groups excluding carboxylic acids is 2. The van der Waals surface area contributed by atoms with Crippen LogP contribution >= 0.6 is 0 Å². The quantitative estimate of drug-likeness (QED) is 0.465. The number of rotatable bonds is 10. The van der Waals surface area contributed by atoms with Crippen molar-refractivity contribution in [2.24, 2.45) is 0 Å². The molecular weight excluding hydrogens is 466 g/mol. The molecule has 0 aromatic heterocycles. The van der Waals surface area contributed by atoms with Gasteiger partial charge in [-0.05, 0) is 47.0 Å². The molecule has 2 amide bonds. The lowest BCUT2D eigenvalue weighted by atomic mass is 10.1. The van der Waals surface area contributed by atoms with E-state index in [1.807, 2.05) is 30.3 Å². The third-order valence-electron chi connectivity index (χ3n) is 5.91. The first-order valence-corrected chi connectivity index (χ1v) is 12.7. The Labute approximate surface area is 206 Å². The van der Waals surface area contributed by atoms with Gasteiger partial charge in [0.05, 0.1) is 18.6 Å². The lowest BCUT2D eigenvalue weighted by molar-refractivity contribution is -0.141. The fourth-order valence-electron chi connectivity index (χ4n) is 3.93. The summed E-state index contributed by atoms with van der Waals surface area (Å²) >= 11 is 0. The van der Waals surface area contributed by atoms with Crippen molar-refractivity contribution in [2.45, 2.75) is 30.8 Å². The van der Waals surface area contributed by atoms with E-state index >= 15 is 0 Å². The first-order valence-electron chi connectivity index (χ1n) is 11.3. The van der Waals surface area contributed by atoms with Gasteiger partial charge in [0.15, 0.2) is 0 Å². The van der Waals surface area contributed by atoms with E-state index in [9.17, 15) is 18.0 Å². The van der Waals surface area contributed by atoms with Crippen LogP contribution in [0.3, 0.4) is 0 Å². The molecule has 0 spiro atoms. The average Bonchev–Trinajstić information content (AvgIpc) is 2.87. The Morgan fingerprint density at radius 2 is 1.71 bits per heavy atom. The molecule has 0 aliphatic rings. The second kappa shape index (κ2) is 11.3. The summed E-state index contributed by atoms with van der Waals surface area (Å²) in [5.74, 6) is -0.169. The molecule has 0 bridgehead atoms. The van der Waals surface area contributed by atoms with Gasteiger partial charge in [0.2, 0.25) is 21.8 Å². The molecule has 0 heterocycles. The third kappa shape index (κ3) is 5.98. The number of amides is 2. The fourth-order valence-corrected chi connectivity index (χ4v) is 5.08. The largest absolute Gasteiger partial charge is 0.497 e. The van der Waals surface area contributed by atoms with Crippen molar-refractivity contribution in [2.75, 3.05) is 27.7 Å². The molecule has 1 N–H and O–H groups in total. The molecule has 8 nitrogen and oxygen atoms in total. The number of benzene rings is 3. The summed E-state index contributed by atoms with van der Waals surface area (Å²) in [6, 6.07) is 18.8. The number of methoxy groups -OCH3 is 1. The van der Waals surface area contributed by atoms with Gasteiger partial charge in [-0.3, -0.25) is 9.59 Å². The van der Waals surface area contributed by atoms with Crippen molar-refractivity contribution >= 4 is 32.6 Å². The molecule has 0 fully saturated rings. The highest BCUT2D eigenvalue weighted by Crippen LogP contribution is 2.22. The molecule has 0 aliphatic heterocycles. The van der Waals surface area contributed by atoms with E-state index in [0.717, 1.165) is 20.6 Å². The van der Waals surface area contributed by atoms with Gasteiger partial charge in [-0.1, -0.05) is 49.4 Å². The molecule has 3 aromatic rings. The number of sulfonamides is 1. The van der Waals surface area contributed by atoms with Crippen LogP contribution in [0.2, 0.25) is 0 Å². The van der Waals surface area contributed by atoms with E-state index in [1.165, 1.54) is 25.1 Å². The number of hydrogen-bond acceptors (Lipinski definition) is 5. The molecule has 0 saturated heterocycles. The fraction of sp³-hybridized carbons (Fsp3) is 0.308. The second-order valence-electron chi connectivity index (χ2n) is 8.18. The van der Waals surface area contributed by atoms with Gasteiger partial charge in [-0.2, -0.15) is 4.31 Å². The standard InChI is InChI=1S/C26H31N3O5S/c1-5-24(26(31)27-2)29(17-19-9-8-12-22(15-19)34-4)25(30)18-28(3)35(32,33)23-14-13-20-10-6-7-11-21(20)16-23/h6-16,24H,5,17-18H2,1-4H3,(H,27,31)/t24-/m1/s1. The van der Waals surface area contributed by atoms with Crippen LogP contribution in [-0.2, 0) is 26.2 Å². The summed E-state index contributed by atoms with van der Waals surface area (Å²) in [6.45, 7) is 1.53. The molecule has 3 aromatic carbocycles. The molecule has 0 radical (unpaired) electrons. The molecular formula is C26H31N3O5S. The molecule has 9 heteroatoms. The normalized spacial score (nSPS) is 12.4. The molecule has 1 atom stereocenters. The van der Waals surface area contributed by atoms with E-state index in [0.29, 0.717) is 12.2 Å². The molecule has 0 saturated carbocycles. The summed E-state index contributed by atoms with van der Waals surface area (Å²) in [4.78, 5) is 27.5. The zero-order chi connectivity index (χ0) is 25.6. The Bertz CT molecular complexity index is 1310. The van der Waals surface area contributed by atoms with E-state index < -0.39 is 28.5 Å². The summed E-state index contributed by atoms with van der Waals surface area (Å²) < 4.78 is 32.8. The van der Waals surface area contributed by atoms with Gasteiger partial charge in [0.1, 0.15) is 11.8 Å². The summed E-state index contributed by atoms with van der Waals surface area (Å²) in [6.07, 6.45) is 0.372. The van der Waals surface area contributed by atoms with Gasteiger partial charge in [0, 0.05) is 20.6 Å². The van der Waals surface area contributed by atoms with Crippen LogP contribution in [0.4, 0.5) is 0 Å². The Kier molecular flexibility index (Phi) is 8.48. The average molecular weight is 498 g/mol. The highest BCUT2D eigenvalue weighted by Gasteiger charge is 2.31. The SMILES string of the molecule is CC[C@H](C(=O)NC)N(Cc1cccc(OC)c1)C(=O)CN(C)S(=O)(=O)c1ccc2ccccc2c1. The predicted molar refractivity (Wildman–Crippen MR) is 135 cm³/mol. The summed E-state index contributed by atoms with van der Waals surface area (Å²) in [7, 11) is 0.492. The van der Waals surface area contributed by atoms with Crippen LogP contribution in [-0.4, -0.2) is 63.2 Å². The zero-order valence-electron chi connectivity index (χ0n) is 20.4. The van der Waals surface area contributed by atoms with Crippen molar-refractivity contribution in [3.63, 3.8) is 0 Å². The lowest BCUT2D eigenvalue weighted by Crippen LogP contribution is -2.51. The first-order chi connectivity index (χ1) is 16.7. The highest BCUT2D eigenvalue weighted by molar-refractivity contribution is 7.89. The molecule has 186 valence electrons. The highest BCUT2D eigenvalue weighted by atomic mass is 32.2. The van der Waals surface area contributed by atoms with E-state index in [-0.39, 0.29) is 17.3 Å². The summed E-state index contributed by atoms with van der Waals surface area (Å²) in [5.41, 5.74) is 0.764. The van der Waals surface area contributed by atoms with Crippen LogP contribution in [0, 0.1) is 0 Å². The lowest BCUT2D eigenvalue weighted by Gasteiger charge is -2.31. The van der Waals surface area contributed by atoms with Gasteiger partial charge in [-0.25, -0.2) is 8.42 Å². The van der Waals surface area contributed by atoms with Crippen molar-refractivity contribution < 1.29 is 22.7 Å². The maximum absolute atomic E-state index is 13.4. The number of likely N-dealkylation sites (N-methyl/N-ethyl adjacent to an activating group) is 2. The Morgan fingerprint density at radius 3 is 2.37 bits per heavy atom. The van der Waals surface area contributed by atoms with E-state index in [1.54, 1.807) is 44.4 Å². The minimum absolute atomic E-state index is 0.101. The van der Waals surface area contributed by atoms with Crippen LogP contribution in [0.25, 0.3) is 10.8 Å². The molecule has 35 heavy (non-hydrogen) atoms. The number of ether oxygens (including phenoxy) is 1. The van der Waals surface area contributed by atoms with Crippen molar-refractivity contribution in [1.82, 2.24) is 14.5 Å². The van der Waals surface area contributed by atoms with Gasteiger partial charge in [0.25, 0.3) is 0 Å². The third-order valence-corrected chi connectivity index (χ3v) is 7.71. The van der Waals surface area contributed by atoms with Gasteiger partial charge in [-0.15, -0.1) is 0 Å². The second-order valence-corrected chi connectivity index (χ2v) is 10.2. The number of fused-ring (bicyclic) bond motifs is 1. The Morgan fingerprint density at radius 1 is 1.00 bits per heavy atom. The molecule has 0 unspecified atom stereocenters. The maximum atomic E-state index is 13.4. The van der Waals surface area contributed by atoms with Crippen molar-refractivity contribution in [3.8, 4) is 5.75 Å². The number of nitrogens with zero attached hydrogens (tertiary/aromatic N) is 2. The van der Waals surface area contributed by atoms with Crippen molar-refractivity contribution in [3.05, 3.63) is 72.3 Å². The minimum atomic E-state index is -3.94. The Hall–Kier alpha value is -3.43. The van der Waals surface area contributed by atoms with Crippen molar-refractivity contribution in [1.29, 1.82) is 0 Å². The minimum Gasteiger partial charge on any atom is -0.497 e. The van der Waals surface area contributed by atoms with Gasteiger partial charge >= 0.3 is 0 Å². The van der Waals surface area contributed by atoms with Crippen LogP contribution < -0.4 is 10.1 Å². The smallest absolute Gasteiger partial charge is 0.243 e.